The van der Waals surface area contributed by atoms with Crippen LogP contribution < -0.4 is 15.0 Å². The molecule has 0 spiro atoms. The van der Waals surface area contributed by atoms with E-state index in [9.17, 15) is 4.79 Å². The zero-order chi connectivity index (χ0) is 16.9. The fourth-order valence-corrected chi connectivity index (χ4v) is 2.98. The van der Waals surface area contributed by atoms with Crippen LogP contribution >= 0.6 is 0 Å². The minimum Gasteiger partial charge on any atom is -0.476 e. The van der Waals surface area contributed by atoms with E-state index >= 15 is 0 Å². The minimum absolute atomic E-state index is 0.0276. The van der Waals surface area contributed by atoms with E-state index in [2.05, 4.69) is 27.3 Å². The predicted molar refractivity (Wildman–Crippen MR) is 95.5 cm³/mol. The van der Waals surface area contributed by atoms with Gasteiger partial charge in [-0.3, -0.25) is 4.79 Å². The van der Waals surface area contributed by atoms with E-state index in [1.54, 1.807) is 6.20 Å². The summed E-state index contributed by atoms with van der Waals surface area (Å²) in [5.41, 5.74) is 2.81. The lowest BCUT2D eigenvalue weighted by atomic mass is 10.1. The van der Waals surface area contributed by atoms with Gasteiger partial charge in [0.05, 0.1) is 12.5 Å². The fraction of sp³-hybridized carbons (Fsp3) is 0.368. The highest BCUT2D eigenvalue weighted by Crippen LogP contribution is 2.27. The van der Waals surface area contributed by atoms with Gasteiger partial charge in [-0.15, -0.1) is 0 Å². The molecule has 0 saturated carbocycles. The Morgan fingerprint density at radius 2 is 2.17 bits per heavy atom. The van der Waals surface area contributed by atoms with E-state index in [-0.39, 0.29) is 11.8 Å². The second-order valence-electron chi connectivity index (χ2n) is 6.05. The maximum atomic E-state index is 12.6. The molecule has 1 aliphatic heterocycles. The van der Waals surface area contributed by atoms with Crippen molar-refractivity contribution in [2.75, 3.05) is 29.9 Å². The maximum Gasteiger partial charge on any atom is 0.237 e. The lowest BCUT2D eigenvalue weighted by molar-refractivity contribution is -0.119. The van der Waals surface area contributed by atoms with Gasteiger partial charge in [0, 0.05) is 25.0 Å². The number of rotatable bonds is 5. The summed E-state index contributed by atoms with van der Waals surface area (Å²) in [6.07, 6.45) is 2.59. The van der Waals surface area contributed by atoms with Crippen LogP contribution in [0.4, 0.5) is 11.4 Å². The number of nitrogens with one attached hydrogen (secondary N) is 1. The number of anilines is 2. The van der Waals surface area contributed by atoms with Crippen LogP contribution in [0.15, 0.2) is 42.6 Å². The van der Waals surface area contributed by atoms with Gasteiger partial charge < -0.3 is 15.0 Å². The Hall–Kier alpha value is -2.56. The summed E-state index contributed by atoms with van der Waals surface area (Å²) in [6.45, 7) is 6.00. The molecule has 1 atom stereocenters. The number of nitrogens with zero attached hydrogens (tertiary/aromatic N) is 2. The Labute approximate surface area is 142 Å². The molecule has 1 fully saturated rings. The highest BCUT2D eigenvalue weighted by atomic mass is 16.5. The van der Waals surface area contributed by atoms with Crippen molar-refractivity contribution in [2.24, 2.45) is 5.92 Å². The molecule has 1 unspecified atom stereocenters. The highest BCUT2D eigenvalue weighted by Gasteiger charge is 2.29. The summed E-state index contributed by atoms with van der Waals surface area (Å²) in [4.78, 5) is 19.2. The molecule has 2 aromatic rings. The van der Waals surface area contributed by atoms with E-state index in [1.165, 1.54) is 5.69 Å². The van der Waals surface area contributed by atoms with Crippen molar-refractivity contribution in [3.05, 3.63) is 48.2 Å². The van der Waals surface area contributed by atoms with Gasteiger partial charge in [-0.05, 0) is 44.0 Å². The summed E-state index contributed by atoms with van der Waals surface area (Å²) in [6, 6.07) is 12.1. The molecule has 3 rings (SSSR count). The first-order valence-corrected chi connectivity index (χ1v) is 8.37. The second kappa shape index (κ2) is 7.34. The minimum atomic E-state index is -0.0276. The molecular formula is C19H23N3O2. The van der Waals surface area contributed by atoms with Gasteiger partial charge in [0.15, 0.2) is 0 Å². The van der Waals surface area contributed by atoms with Gasteiger partial charge in [0.1, 0.15) is 5.69 Å². The van der Waals surface area contributed by atoms with Gasteiger partial charge in [0.25, 0.3) is 0 Å². The van der Waals surface area contributed by atoms with Crippen LogP contribution in [0.1, 0.15) is 18.9 Å². The average Bonchev–Trinajstić information content (AvgIpc) is 3.08. The SMILES string of the molecule is CCOc1ncc(C)cc1NC(=O)C1CCN(c2ccccc2)C1. The molecule has 126 valence electrons. The number of pyridine rings is 1. The quantitative estimate of drug-likeness (QED) is 0.917. The number of para-hydroxylation sites is 1. The van der Waals surface area contributed by atoms with Crippen LogP contribution in [0.25, 0.3) is 0 Å². The zero-order valence-corrected chi connectivity index (χ0v) is 14.2. The number of aromatic nitrogens is 1. The zero-order valence-electron chi connectivity index (χ0n) is 14.2. The monoisotopic (exact) mass is 325 g/mol. The summed E-state index contributed by atoms with van der Waals surface area (Å²) in [5.74, 6) is 0.483. The van der Waals surface area contributed by atoms with Gasteiger partial charge in [0.2, 0.25) is 11.8 Å². The van der Waals surface area contributed by atoms with Crippen LogP contribution in [0.2, 0.25) is 0 Å². The molecule has 24 heavy (non-hydrogen) atoms. The molecule has 5 nitrogen and oxygen atoms in total. The molecule has 5 heteroatoms. The molecule has 2 heterocycles. The average molecular weight is 325 g/mol. The number of ether oxygens (including phenoxy) is 1. The van der Waals surface area contributed by atoms with Crippen molar-refractivity contribution in [2.45, 2.75) is 20.3 Å². The van der Waals surface area contributed by atoms with Crippen LogP contribution in [-0.2, 0) is 4.79 Å². The Bertz CT molecular complexity index is 703. The number of amides is 1. The van der Waals surface area contributed by atoms with E-state index < -0.39 is 0 Å². The summed E-state index contributed by atoms with van der Waals surface area (Å²) < 4.78 is 5.51. The third kappa shape index (κ3) is 3.67. The largest absolute Gasteiger partial charge is 0.476 e. The number of aryl methyl sites for hydroxylation is 1. The van der Waals surface area contributed by atoms with Crippen molar-refractivity contribution in [1.29, 1.82) is 0 Å². The summed E-state index contributed by atoms with van der Waals surface area (Å²) in [5, 5.41) is 3.00. The van der Waals surface area contributed by atoms with Gasteiger partial charge in [-0.2, -0.15) is 0 Å². The number of carbonyl (C=O) groups is 1. The highest BCUT2D eigenvalue weighted by molar-refractivity contribution is 5.94. The Balaban J connectivity index is 1.67. The van der Waals surface area contributed by atoms with Crippen LogP contribution in [0, 0.1) is 12.8 Å². The Morgan fingerprint density at radius 3 is 2.92 bits per heavy atom. The molecule has 1 aromatic heterocycles. The number of carbonyl (C=O) groups excluding carboxylic acids is 1. The van der Waals surface area contributed by atoms with E-state index in [1.807, 2.05) is 38.1 Å². The number of hydrogen-bond donors (Lipinski definition) is 1. The smallest absolute Gasteiger partial charge is 0.237 e. The van der Waals surface area contributed by atoms with E-state index in [4.69, 9.17) is 4.74 Å². The number of hydrogen-bond acceptors (Lipinski definition) is 4. The number of benzene rings is 1. The second-order valence-corrected chi connectivity index (χ2v) is 6.05. The summed E-state index contributed by atoms with van der Waals surface area (Å²) >= 11 is 0. The van der Waals surface area contributed by atoms with Gasteiger partial charge >= 0.3 is 0 Å². The van der Waals surface area contributed by atoms with Crippen molar-refractivity contribution in [3.8, 4) is 5.88 Å². The van der Waals surface area contributed by atoms with Crippen LogP contribution in [0.5, 0.6) is 5.88 Å². The standard InChI is InChI=1S/C19H23N3O2/c1-3-24-19-17(11-14(2)12-20-19)21-18(23)15-9-10-22(13-15)16-7-5-4-6-8-16/h4-8,11-12,15H,3,9-10,13H2,1-2H3,(H,21,23). The lowest BCUT2D eigenvalue weighted by Gasteiger charge is -2.18. The molecule has 1 aromatic carbocycles. The molecule has 1 aliphatic rings. The molecule has 1 saturated heterocycles. The first-order chi connectivity index (χ1) is 11.7. The first kappa shape index (κ1) is 16.3. The topological polar surface area (TPSA) is 54.5 Å². The van der Waals surface area contributed by atoms with Gasteiger partial charge in [-0.25, -0.2) is 4.98 Å². The third-order valence-corrected chi connectivity index (χ3v) is 4.21. The lowest BCUT2D eigenvalue weighted by Crippen LogP contribution is -2.27. The summed E-state index contributed by atoms with van der Waals surface area (Å²) in [7, 11) is 0. The first-order valence-electron chi connectivity index (χ1n) is 8.37. The van der Waals surface area contributed by atoms with Gasteiger partial charge in [-0.1, -0.05) is 18.2 Å². The Kier molecular flexibility index (Phi) is 4.99. The molecule has 0 aliphatic carbocycles. The third-order valence-electron chi connectivity index (χ3n) is 4.21. The molecular weight excluding hydrogens is 302 g/mol. The molecule has 1 N–H and O–H groups in total. The van der Waals surface area contributed by atoms with Crippen molar-refractivity contribution >= 4 is 17.3 Å². The molecule has 0 radical (unpaired) electrons. The van der Waals surface area contributed by atoms with Crippen molar-refractivity contribution < 1.29 is 9.53 Å². The van der Waals surface area contributed by atoms with Crippen molar-refractivity contribution in [3.63, 3.8) is 0 Å². The molecule has 1 amide bonds. The molecule has 0 bridgehead atoms. The van der Waals surface area contributed by atoms with E-state index in [0.29, 0.717) is 18.2 Å². The normalized spacial score (nSPS) is 16.9. The fourth-order valence-electron chi connectivity index (χ4n) is 2.98. The maximum absolute atomic E-state index is 12.6. The predicted octanol–water partition coefficient (Wildman–Crippen LogP) is 3.25. The van der Waals surface area contributed by atoms with E-state index in [0.717, 1.165) is 25.1 Å². The van der Waals surface area contributed by atoms with Crippen LogP contribution in [-0.4, -0.2) is 30.6 Å². The van der Waals surface area contributed by atoms with Crippen molar-refractivity contribution in [1.82, 2.24) is 4.98 Å². The Morgan fingerprint density at radius 1 is 1.38 bits per heavy atom. The van der Waals surface area contributed by atoms with Crippen LogP contribution in [0.3, 0.4) is 0 Å².